The van der Waals surface area contributed by atoms with Gasteiger partial charge in [-0.15, -0.1) is 0 Å². The van der Waals surface area contributed by atoms with E-state index in [-0.39, 0.29) is 18.6 Å². The summed E-state index contributed by atoms with van der Waals surface area (Å²) < 4.78 is 15.9. The first-order valence-electron chi connectivity index (χ1n) is 6.59. The molecule has 0 bridgehead atoms. The van der Waals surface area contributed by atoms with Crippen molar-refractivity contribution in [3.05, 3.63) is 11.3 Å². The topological polar surface area (TPSA) is 73.6 Å². The van der Waals surface area contributed by atoms with Crippen LogP contribution in [0.25, 0.3) is 0 Å². The van der Waals surface area contributed by atoms with Gasteiger partial charge in [0.2, 0.25) is 5.88 Å². The second-order valence-corrected chi connectivity index (χ2v) is 4.77. The van der Waals surface area contributed by atoms with E-state index in [0.29, 0.717) is 12.5 Å². The van der Waals surface area contributed by atoms with Crippen LogP contribution >= 0.6 is 0 Å². The summed E-state index contributed by atoms with van der Waals surface area (Å²) in [6.07, 6.45) is 3.40. The smallest absolute Gasteiger partial charge is 0.252 e. The highest BCUT2D eigenvalue weighted by Gasteiger charge is 2.15. The molecular formula is C13H20N2O4. The predicted octanol–water partition coefficient (Wildman–Crippen LogP) is 1.82. The average Bonchev–Trinajstić information content (AvgIpc) is 2.72. The summed E-state index contributed by atoms with van der Waals surface area (Å²) in [6, 6.07) is 0. The average molecular weight is 268 g/mol. The number of aromatic nitrogens is 1. The molecule has 1 saturated heterocycles. The van der Waals surface area contributed by atoms with Crippen molar-refractivity contribution in [3.63, 3.8) is 0 Å². The molecule has 106 valence electrons. The van der Waals surface area contributed by atoms with Gasteiger partial charge in [0, 0.05) is 12.2 Å². The molecule has 6 heteroatoms. The monoisotopic (exact) mass is 268 g/mol. The Hall–Kier alpha value is -1.40. The fraction of sp³-hybridized carbons (Fsp3) is 0.692. The Balaban J connectivity index is 1.68. The maximum absolute atomic E-state index is 11.7. The molecule has 0 aromatic carbocycles. The van der Waals surface area contributed by atoms with Crippen molar-refractivity contribution >= 4 is 11.8 Å². The van der Waals surface area contributed by atoms with E-state index in [1.807, 2.05) is 13.8 Å². The molecule has 2 heterocycles. The number of carbonyl (C=O) groups excluding carboxylic acids is 1. The summed E-state index contributed by atoms with van der Waals surface area (Å²) in [5.41, 5.74) is 1.61. The highest BCUT2D eigenvalue weighted by atomic mass is 16.5. The Kier molecular flexibility index (Phi) is 4.93. The van der Waals surface area contributed by atoms with Gasteiger partial charge in [0.15, 0.2) is 0 Å². The number of ether oxygens (including phenoxy) is 2. The normalized spacial score (nSPS) is 19.4. The molecule has 19 heavy (non-hydrogen) atoms. The number of carbonyl (C=O) groups is 1. The summed E-state index contributed by atoms with van der Waals surface area (Å²) in [4.78, 5) is 11.7. The quantitative estimate of drug-likeness (QED) is 0.881. The van der Waals surface area contributed by atoms with Gasteiger partial charge in [-0.3, -0.25) is 10.1 Å². The fourth-order valence-corrected chi connectivity index (χ4v) is 1.92. The molecule has 1 aromatic heterocycles. The zero-order valence-corrected chi connectivity index (χ0v) is 11.4. The van der Waals surface area contributed by atoms with Crippen LogP contribution in [-0.2, 0) is 14.3 Å². The van der Waals surface area contributed by atoms with E-state index in [4.69, 9.17) is 14.0 Å². The van der Waals surface area contributed by atoms with E-state index in [9.17, 15) is 4.79 Å². The van der Waals surface area contributed by atoms with Gasteiger partial charge in [0.1, 0.15) is 6.61 Å². The van der Waals surface area contributed by atoms with Crippen molar-refractivity contribution in [2.75, 3.05) is 25.1 Å². The van der Waals surface area contributed by atoms with Crippen molar-refractivity contribution < 1.29 is 18.8 Å². The number of nitrogens with one attached hydrogen (secondary N) is 1. The minimum atomic E-state index is -0.241. The van der Waals surface area contributed by atoms with E-state index in [2.05, 4.69) is 10.5 Å². The Morgan fingerprint density at radius 3 is 2.95 bits per heavy atom. The van der Waals surface area contributed by atoms with Gasteiger partial charge >= 0.3 is 0 Å². The molecule has 1 atom stereocenters. The maximum Gasteiger partial charge on any atom is 0.252 e. The minimum Gasteiger partial charge on any atom is -0.376 e. The second-order valence-electron chi connectivity index (χ2n) is 4.77. The van der Waals surface area contributed by atoms with Crippen LogP contribution in [-0.4, -0.2) is 37.0 Å². The minimum absolute atomic E-state index is 0.000945. The van der Waals surface area contributed by atoms with E-state index in [1.54, 1.807) is 0 Å². The number of nitrogens with zero attached hydrogens (tertiary/aromatic N) is 1. The standard InChI is InChI=1S/C13H20N2O4/c1-9-10(2)15-19-13(9)14-12(16)8-17-7-11-5-3-4-6-18-11/h11H,3-8H2,1-2H3,(H,14,16). The van der Waals surface area contributed by atoms with Gasteiger partial charge in [-0.2, -0.15) is 0 Å². The first kappa shape index (κ1) is 14.0. The predicted molar refractivity (Wildman–Crippen MR) is 69.0 cm³/mol. The zero-order chi connectivity index (χ0) is 13.7. The van der Waals surface area contributed by atoms with Crippen LogP contribution in [0.15, 0.2) is 4.52 Å². The Bertz CT molecular complexity index is 424. The van der Waals surface area contributed by atoms with Crippen molar-refractivity contribution in [3.8, 4) is 0 Å². The SMILES string of the molecule is Cc1noc(NC(=O)COCC2CCCCO2)c1C. The van der Waals surface area contributed by atoms with Crippen molar-refractivity contribution in [1.29, 1.82) is 0 Å². The van der Waals surface area contributed by atoms with Crippen molar-refractivity contribution in [1.82, 2.24) is 5.16 Å². The molecular weight excluding hydrogens is 248 g/mol. The van der Waals surface area contributed by atoms with Crippen LogP contribution in [0.5, 0.6) is 0 Å². The maximum atomic E-state index is 11.7. The Morgan fingerprint density at radius 1 is 1.47 bits per heavy atom. The zero-order valence-electron chi connectivity index (χ0n) is 11.4. The summed E-state index contributed by atoms with van der Waals surface area (Å²) in [7, 11) is 0. The second kappa shape index (κ2) is 6.68. The van der Waals surface area contributed by atoms with Gasteiger partial charge in [0.25, 0.3) is 5.91 Å². The third kappa shape index (κ3) is 4.04. The molecule has 0 aliphatic carbocycles. The lowest BCUT2D eigenvalue weighted by Gasteiger charge is -2.22. The molecule has 1 aromatic rings. The van der Waals surface area contributed by atoms with Crippen LogP contribution in [0.1, 0.15) is 30.5 Å². The van der Waals surface area contributed by atoms with Gasteiger partial charge in [0.05, 0.1) is 18.4 Å². The molecule has 2 rings (SSSR count). The molecule has 0 spiro atoms. The van der Waals surface area contributed by atoms with E-state index in [0.717, 1.165) is 37.1 Å². The van der Waals surface area contributed by atoms with E-state index < -0.39 is 0 Å². The lowest BCUT2D eigenvalue weighted by atomic mass is 10.1. The summed E-state index contributed by atoms with van der Waals surface area (Å²) >= 11 is 0. The molecule has 6 nitrogen and oxygen atoms in total. The van der Waals surface area contributed by atoms with Crippen LogP contribution < -0.4 is 5.32 Å². The number of rotatable bonds is 5. The third-order valence-electron chi connectivity index (χ3n) is 3.22. The molecule has 0 radical (unpaired) electrons. The largest absolute Gasteiger partial charge is 0.376 e. The molecule has 1 fully saturated rings. The summed E-state index contributed by atoms with van der Waals surface area (Å²) in [5, 5.41) is 6.41. The summed E-state index contributed by atoms with van der Waals surface area (Å²) in [5.74, 6) is 0.148. The number of anilines is 1. The fourth-order valence-electron chi connectivity index (χ4n) is 1.92. The number of amides is 1. The third-order valence-corrected chi connectivity index (χ3v) is 3.22. The molecule has 1 unspecified atom stereocenters. The van der Waals surface area contributed by atoms with Crippen molar-refractivity contribution in [2.45, 2.75) is 39.2 Å². The van der Waals surface area contributed by atoms with E-state index >= 15 is 0 Å². The summed E-state index contributed by atoms with van der Waals surface area (Å²) in [6.45, 7) is 4.92. The van der Waals surface area contributed by atoms with Crippen LogP contribution in [0.4, 0.5) is 5.88 Å². The number of hydrogen-bond acceptors (Lipinski definition) is 5. The van der Waals surface area contributed by atoms with Gasteiger partial charge in [-0.05, 0) is 33.1 Å². The highest BCUT2D eigenvalue weighted by molar-refractivity contribution is 5.91. The lowest BCUT2D eigenvalue weighted by molar-refractivity contribution is -0.123. The molecule has 1 aliphatic heterocycles. The first-order valence-corrected chi connectivity index (χ1v) is 6.59. The molecule has 1 aliphatic rings. The molecule has 1 amide bonds. The van der Waals surface area contributed by atoms with Crippen LogP contribution in [0.2, 0.25) is 0 Å². The molecule has 0 saturated carbocycles. The highest BCUT2D eigenvalue weighted by Crippen LogP contribution is 2.17. The van der Waals surface area contributed by atoms with Crippen LogP contribution in [0, 0.1) is 13.8 Å². The van der Waals surface area contributed by atoms with Crippen molar-refractivity contribution in [2.24, 2.45) is 0 Å². The van der Waals surface area contributed by atoms with Gasteiger partial charge in [-0.1, -0.05) is 5.16 Å². The number of aryl methyl sites for hydroxylation is 1. The van der Waals surface area contributed by atoms with E-state index in [1.165, 1.54) is 0 Å². The lowest BCUT2D eigenvalue weighted by Crippen LogP contribution is -2.27. The van der Waals surface area contributed by atoms with Crippen LogP contribution in [0.3, 0.4) is 0 Å². The number of hydrogen-bond donors (Lipinski definition) is 1. The first-order chi connectivity index (χ1) is 9.16. The Labute approximate surface area is 112 Å². The molecule has 1 N–H and O–H groups in total. The van der Waals surface area contributed by atoms with Gasteiger partial charge in [-0.25, -0.2) is 0 Å². The Morgan fingerprint density at radius 2 is 2.32 bits per heavy atom. The van der Waals surface area contributed by atoms with Gasteiger partial charge < -0.3 is 14.0 Å².